The second kappa shape index (κ2) is 8.07. The molecule has 29 heavy (non-hydrogen) atoms. The van der Waals surface area contributed by atoms with Gasteiger partial charge in [0.25, 0.3) is 0 Å². The fourth-order valence-electron chi connectivity index (χ4n) is 4.45. The van der Waals surface area contributed by atoms with Gasteiger partial charge in [-0.3, -0.25) is 9.59 Å². The van der Waals surface area contributed by atoms with Crippen LogP contribution in [0.5, 0.6) is 0 Å². The highest BCUT2D eigenvalue weighted by Gasteiger charge is 2.32. The summed E-state index contributed by atoms with van der Waals surface area (Å²) in [5.41, 5.74) is 1.49. The van der Waals surface area contributed by atoms with Crippen molar-refractivity contribution in [3.63, 3.8) is 0 Å². The number of aryl methyl sites for hydroxylation is 1. The number of likely N-dealkylation sites (tertiary alicyclic amines) is 1. The van der Waals surface area contributed by atoms with E-state index in [1.807, 2.05) is 0 Å². The zero-order valence-corrected chi connectivity index (χ0v) is 17.8. The van der Waals surface area contributed by atoms with Crippen molar-refractivity contribution in [3.8, 4) is 0 Å². The molecule has 3 aliphatic heterocycles. The minimum atomic E-state index is -3.53. The van der Waals surface area contributed by atoms with Gasteiger partial charge in [0.15, 0.2) is 0 Å². The van der Waals surface area contributed by atoms with E-state index in [9.17, 15) is 18.0 Å². The third-order valence-electron chi connectivity index (χ3n) is 6.38. The summed E-state index contributed by atoms with van der Waals surface area (Å²) in [6, 6.07) is 4.98. The van der Waals surface area contributed by atoms with Gasteiger partial charge in [-0.15, -0.1) is 0 Å². The van der Waals surface area contributed by atoms with Crippen LogP contribution in [0, 0.1) is 5.92 Å². The lowest BCUT2D eigenvalue weighted by Gasteiger charge is -2.32. The van der Waals surface area contributed by atoms with Gasteiger partial charge in [-0.25, -0.2) is 8.42 Å². The van der Waals surface area contributed by atoms with Gasteiger partial charge in [-0.1, -0.05) is 6.92 Å². The molecule has 0 radical (unpaired) electrons. The number of rotatable bonds is 4. The van der Waals surface area contributed by atoms with Crippen molar-refractivity contribution >= 4 is 27.5 Å². The number of hydrogen-bond donors (Lipinski definition) is 0. The summed E-state index contributed by atoms with van der Waals surface area (Å²) >= 11 is 0. The van der Waals surface area contributed by atoms with E-state index in [0.29, 0.717) is 37.5 Å². The predicted molar refractivity (Wildman–Crippen MR) is 110 cm³/mol. The zero-order chi connectivity index (χ0) is 20.6. The van der Waals surface area contributed by atoms with Crippen molar-refractivity contribution in [2.45, 2.75) is 50.3 Å². The summed E-state index contributed by atoms with van der Waals surface area (Å²) < 4.78 is 27.7. The van der Waals surface area contributed by atoms with Crippen molar-refractivity contribution in [3.05, 3.63) is 23.8 Å². The molecule has 0 aliphatic carbocycles. The lowest BCUT2D eigenvalue weighted by Crippen LogP contribution is -2.44. The van der Waals surface area contributed by atoms with Crippen molar-refractivity contribution in [2.24, 2.45) is 5.92 Å². The fraction of sp³-hybridized carbons (Fsp3) is 0.619. The van der Waals surface area contributed by atoms with Crippen LogP contribution in [0.4, 0.5) is 5.69 Å². The number of hydrogen-bond acceptors (Lipinski definition) is 4. The van der Waals surface area contributed by atoms with E-state index < -0.39 is 10.0 Å². The lowest BCUT2D eigenvalue weighted by molar-refractivity contribution is -0.130. The summed E-state index contributed by atoms with van der Waals surface area (Å²) in [6.45, 7) is 4.78. The molecule has 2 fully saturated rings. The van der Waals surface area contributed by atoms with Gasteiger partial charge >= 0.3 is 0 Å². The maximum absolute atomic E-state index is 13.1. The van der Waals surface area contributed by atoms with Crippen LogP contribution in [0.25, 0.3) is 0 Å². The second-order valence-corrected chi connectivity index (χ2v) is 10.4. The van der Waals surface area contributed by atoms with E-state index in [-0.39, 0.29) is 23.3 Å². The molecule has 2 saturated heterocycles. The topological polar surface area (TPSA) is 78.0 Å². The smallest absolute Gasteiger partial charge is 0.243 e. The monoisotopic (exact) mass is 419 g/mol. The number of sulfonamides is 1. The van der Waals surface area contributed by atoms with Gasteiger partial charge in [0.1, 0.15) is 6.54 Å². The molecule has 158 valence electrons. The second-order valence-electron chi connectivity index (χ2n) is 8.44. The maximum atomic E-state index is 13.1. The molecule has 4 rings (SSSR count). The predicted octanol–water partition coefficient (Wildman–Crippen LogP) is 2.01. The largest absolute Gasteiger partial charge is 0.341 e. The molecule has 0 saturated carbocycles. The number of benzene rings is 1. The van der Waals surface area contributed by atoms with Crippen LogP contribution >= 0.6 is 0 Å². The number of piperidine rings is 1. The summed E-state index contributed by atoms with van der Waals surface area (Å²) in [5.74, 6) is 0.436. The highest BCUT2D eigenvalue weighted by Crippen LogP contribution is 2.32. The number of anilines is 1. The Hall–Kier alpha value is -1.93. The SMILES string of the molecule is CC1CCN(S(=O)(=O)c2ccc3c(c2)CCC(=O)N3CC(=O)N2CCCC2)CC1. The molecule has 0 atom stereocenters. The van der Waals surface area contributed by atoms with E-state index in [4.69, 9.17) is 0 Å². The van der Waals surface area contributed by atoms with Gasteiger partial charge in [0.05, 0.1) is 4.90 Å². The Bertz CT molecular complexity index is 901. The minimum Gasteiger partial charge on any atom is -0.341 e. The molecular formula is C21H29N3O4S. The van der Waals surface area contributed by atoms with Gasteiger partial charge in [-0.05, 0) is 61.8 Å². The van der Waals surface area contributed by atoms with E-state index in [0.717, 1.165) is 44.3 Å². The molecule has 7 nitrogen and oxygen atoms in total. The molecule has 3 aliphatic rings. The maximum Gasteiger partial charge on any atom is 0.243 e. The van der Waals surface area contributed by atoms with Crippen molar-refractivity contribution in [2.75, 3.05) is 37.6 Å². The molecule has 0 aromatic heterocycles. The first-order valence-corrected chi connectivity index (χ1v) is 12.0. The van der Waals surface area contributed by atoms with Crippen LogP contribution in [-0.2, 0) is 26.0 Å². The lowest BCUT2D eigenvalue weighted by atomic mass is 10.0. The molecule has 1 aromatic carbocycles. The first-order chi connectivity index (χ1) is 13.9. The average molecular weight is 420 g/mol. The van der Waals surface area contributed by atoms with Crippen LogP contribution in [0.15, 0.2) is 23.1 Å². The standard InChI is InChI=1S/C21H29N3O4S/c1-16-8-12-23(13-9-16)29(27,28)18-5-6-19-17(14-18)4-7-20(25)24(19)15-21(26)22-10-2-3-11-22/h5-6,14,16H,2-4,7-13,15H2,1H3. The van der Waals surface area contributed by atoms with Crippen molar-refractivity contribution in [1.82, 2.24) is 9.21 Å². The van der Waals surface area contributed by atoms with Crippen LogP contribution in [-0.4, -0.2) is 62.2 Å². The molecule has 3 heterocycles. The minimum absolute atomic E-state index is 0.0297. The fourth-order valence-corrected chi connectivity index (χ4v) is 5.97. The first-order valence-electron chi connectivity index (χ1n) is 10.6. The third-order valence-corrected chi connectivity index (χ3v) is 8.28. The average Bonchev–Trinajstić information content (AvgIpc) is 3.25. The normalized spacial score (nSPS) is 21.5. The van der Waals surface area contributed by atoms with Crippen LogP contribution in [0.3, 0.4) is 0 Å². The van der Waals surface area contributed by atoms with E-state index >= 15 is 0 Å². The van der Waals surface area contributed by atoms with Gasteiger partial charge in [-0.2, -0.15) is 4.31 Å². The first kappa shape index (κ1) is 20.3. The number of nitrogens with zero attached hydrogens (tertiary/aromatic N) is 3. The molecule has 1 aromatic rings. The van der Waals surface area contributed by atoms with Crippen LogP contribution in [0.2, 0.25) is 0 Å². The Kier molecular flexibility index (Phi) is 5.66. The van der Waals surface area contributed by atoms with Crippen LogP contribution in [0.1, 0.15) is 44.6 Å². The highest BCUT2D eigenvalue weighted by molar-refractivity contribution is 7.89. The molecule has 0 spiro atoms. The summed E-state index contributed by atoms with van der Waals surface area (Å²) in [4.78, 5) is 28.7. The number of carbonyl (C=O) groups excluding carboxylic acids is 2. The van der Waals surface area contributed by atoms with Crippen LogP contribution < -0.4 is 4.90 Å². The Morgan fingerprint density at radius 1 is 1.07 bits per heavy atom. The van der Waals surface area contributed by atoms with Gasteiger partial charge in [0, 0.05) is 38.3 Å². The Morgan fingerprint density at radius 2 is 1.76 bits per heavy atom. The Balaban J connectivity index is 1.56. The summed E-state index contributed by atoms with van der Waals surface area (Å²) in [5, 5.41) is 0. The van der Waals surface area contributed by atoms with Crippen molar-refractivity contribution in [1.29, 1.82) is 0 Å². The number of fused-ring (bicyclic) bond motifs is 1. The summed E-state index contributed by atoms with van der Waals surface area (Å²) in [6.07, 6.45) is 4.57. The molecule has 0 N–H and O–H groups in total. The van der Waals surface area contributed by atoms with Crippen molar-refractivity contribution < 1.29 is 18.0 Å². The van der Waals surface area contributed by atoms with E-state index in [2.05, 4.69) is 6.92 Å². The number of carbonyl (C=O) groups is 2. The van der Waals surface area contributed by atoms with E-state index in [1.54, 1.807) is 27.4 Å². The molecule has 0 bridgehead atoms. The Morgan fingerprint density at radius 3 is 2.45 bits per heavy atom. The third kappa shape index (κ3) is 4.05. The number of amides is 2. The molecular weight excluding hydrogens is 390 g/mol. The highest BCUT2D eigenvalue weighted by atomic mass is 32.2. The zero-order valence-electron chi connectivity index (χ0n) is 17.0. The quantitative estimate of drug-likeness (QED) is 0.748. The molecule has 0 unspecified atom stereocenters. The van der Waals surface area contributed by atoms with E-state index in [1.165, 1.54) is 4.90 Å². The molecule has 8 heteroatoms. The summed E-state index contributed by atoms with van der Waals surface area (Å²) in [7, 11) is -3.53. The molecule has 2 amide bonds. The van der Waals surface area contributed by atoms with Gasteiger partial charge < -0.3 is 9.80 Å². The Labute approximate surface area is 172 Å². The van der Waals surface area contributed by atoms with Gasteiger partial charge in [0.2, 0.25) is 21.8 Å².